The molecule has 136 valence electrons. The molecule has 1 aromatic heterocycles. The van der Waals surface area contributed by atoms with Gasteiger partial charge in [-0.3, -0.25) is 4.99 Å². The van der Waals surface area contributed by atoms with E-state index in [0.29, 0.717) is 11.5 Å². The monoisotopic (exact) mass is 334 g/mol. The number of aromatic nitrogens is 3. The molecular formula is C18H34N6. The van der Waals surface area contributed by atoms with Crippen LogP contribution in [-0.2, 0) is 19.4 Å². The molecule has 1 aromatic rings. The standard InChI is InChI=1S/C18H34N6/c1-6-15-22-16-10-9-14(13-24(16)23-15)21-17(19-7-2)20-12-8-11-18(3,4)5/h14H,6-13H2,1-5H3,(H2,19,20,21). The van der Waals surface area contributed by atoms with Crippen molar-refractivity contribution in [1.29, 1.82) is 0 Å². The molecule has 0 amide bonds. The first-order valence-electron chi connectivity index (χ1n) is 9.38. The van der Waals surface area contributed by atoms with Crippen LogP contribution < -0.4 is 10.6 Å². The highest BCUT2D eigenvalue weighted by Crippen LogP contribution is 2.20. The van der Waals surface area contributed by atoms with E-state index in [1.54, 1.807) is 0 Å². The molecule has 6 nitrogen and oxygen atoms in total. The molecule has 1 atom stereocenters. The third kappa shape index (κ3) is 5.80. The Morgan fingerprint density at radius 3 is 2.79 bits per heavy atom. The second kappa shape index (κ2) is 8.49. The number of hydrogen-bond acceptors (Lipinski definition) is 3. The summed E-state index contributed by atoms with van der Waals surface area (Å²) < 4.78 is 2.06. The molecule has 24 heavy (non-hydrogen) atoms. The molecule has 1 aliphatic heterocycles. The normalized spacial score (nSPS) is 18.4. The molecule has 2 rings (SSSR count). The highest BCUT2D eigenvalue weighted by atomic mass is 15.4. The highest BCUT2D eigenvalue weighted by molar-refractivity contribution is 5.80. The number of rotatable bonds is 6. The second-order valence-corrected chi connectivity index (χ2v) is 7.78. The maximum absolute atomic E-state index is 4.74. The Morgan fingerprint density at radius 1 is 1.33 bits per heavy atom. The summed E-state index contributed by atoms with van der Waals surface area (Å²) in [6.07, 6.45) is 5.28. The van der Waals surface area contributed by atoms with Gasteiger partial charge >= 0.3 is 0 Å². The fraction of sp³-hybridized carbons (Fsp3) is 0.833. The van der Waals surface area contributed by atoms with E-state index in [1.165, 1.54) is 6.42 Å². The zero-order chi connectivity index (χ0) is 17.6. The number of nitrogens with zero attached hydrogens (tertiary/aromatic N) is 4. The maximum Gasteiger partial charge on any atom is 0.191 e. The van der Waals surface area contributed by atoms with Gasteiger partial charge in [0, 0.05) is 32.0 Å². The van der Waals surface area contributed by atoms with Crippen molar-refractivity contribution in [1.82, 2.24) is 25.4 Å². The number of fused-ring (bicyclic) bond motifs is 1. The van der Waals surface area contributed by atoms with Gasteiger partial charge in [-0.25, -0.2) is 9.67 Å². The third-order valence-electron chi connectivity index (χ3n) is 4.26. The van der Waals surface area contributed by atoms with E-state index in [1.807, 2.05) is 0 Å². The van der Waals surface area contributed by atoms with Gasteiger partial charge in [0.25, 0.3) is 0 Å². The summed E-state index contributed by atoms with van der Waals surface area (Å²) in [6, 6.07) is 0.365. The molecular weight excluding hydrogens is 300 g/mol. The molecule has 2 N–H and O–H groups in total. The number of nitrogens with one attached hydrogen (secondary N) is 2. The molecule has 0 bridgehead atoms. The fourth-order valence-electron chi connectivity index (χ4n) is 2.94. The van der Waals surface area contributed by atoms with Crippen molar-refractivity contribution in [3.8, 4) is 0 Å². The minimum absolute atomic E-state index is 0.365. The molecule has 1 unspecified atom stereocenters. The summed E-state index contributed by atoms with van der Waals surface area (Å²) in [6.45, 7) is 13.7. The summed E-state index contributed by atoms with van der Waals surface area (Å²) in [5.41, 5.74) is 0.380. The maximum atomic E-state index is 4.74. The van der Waals surface area contributed by atoms with Crippen LogP contribution in [-0.4, -0.2) is 39.9 Å². The topological polar surface area (TPSA) is 67.1 Å². The summed E-state index contributed by atoms with van der Waals surface area (Å²) in [5.74, 6) is 3.00. The van der Waals surface area contributed by atoms with Gasteiger partial charge in [-0.15, -0.1) is 0 Å². The summed E-state index contributed by atoms with van der Waals surface area (Å²) in [4.78, 5) is 9.32. The van der Waals surface area contributed by atoms with Crippen LogP contribution in [0.3, 0.4) is 0 Å². The first-order valence-corrected chi connectivity index (χ1v) is 9.38. The smallest absolute Gasteiger partial charge is 0.191 e. The van der Waals surface area contributed by atoms with Crippen molar-refractivity contribution in [2.75, 3.05) is 13.1 Å². The largest absolute Gasteiger partial charge is 0.357 e. The lowest BCUT2D eigenvalue weighted by Crippen LogP contribution is -2.47. The Labute approximate surface area is 146 Å². The number of hydrogen-bond donors (Lipinski definition) is 2. The molecule has 0 aliphatic carbocycles. The number of guanidine groups is 1. The van der Waals surface area contributed by atoms with Gasteiger partial charge in [0.05, 0.1) is 6.54 Å². The predicted molar refractivity (Wildman–Crippen MR) is 99.3 cm³/mol. The van der Waals surface area contributed by atoms with Crippen LogP contribution in [0.15, 0.2) is 4.99 Å². The summed E-state index contributed by atoms with van der Waals surface area (Å²) in [7, 11) is 0. The van der Waals surface area contributed by atoms with E-state index in [9.17, 15) is 0 Å². The number of aryl methyl sites for hydroxylation is 2. The summed E-state index contributed by atoms with van der Waals surface area (Å²) in [5, 5.41) is 11.5. The van der Waals surface area contributed by atoms with Crippen LogP contribution in [0.5, 0.6) is 0 Å². The average molecular weight is 335 g/mol. The van der Waals surface area contributed by atoms with Gasteiger partial charge in [-0.2, -0.15) is 5.10 Å². The Balaban J connectivity index is 1.88. The molecule has 0 fully saturated rings. The van der Waals surface area contributed by atoms with Crippen molar-refractivity contribution in [2.24, 2.45) is 10.4 Å². The van der Waals surface area contributed by atoms with E-state index in [4.69, 9.17) is 4.99 Å². The first kappa shape index (κ1) is 18.7. The molecule has 0 spiro atoms. The van der Waals surface area contributed by atoms with Crippen LogP contribution in [0.1, 0.15) is 65.5 Å². The van der Waals surface area contributed by atoms with E-state index >= 15 is 0 Å². The lowest BCUT2D eigenvalue weighted by Gasteiger charge is -2.25. The minimum Gasteiger partial charge on any atom is -0.357 e. The van der Waals surface area contributed by atoms with Gasteiger partial charge in [-0.1, -0.05) is 27.7 Å². The van der Waals surface area contributed by atoms with Crippen molar-refractivity contribution in [3.05, 3.63) is 11.6 Å². The molecule has 1 aliphatic rings. The van der Waals surface area contributed by atoms with E-state index in [2.05, 4.69) is 60.0 Å². The Morgan fingerprint density at radius 2 is 2.12 bits per heavy atom. The minimum atomic E-state index is 0.365. The van der Waals surface area contributed by atoms with E-state index in [0.717, 1.165) is 62.9 Å². The van der Waals surface area contributed by atoms with Crippen LogP contribution in [0.25, 0.3) is 0 Å². The van der Waals surface area contributed by atoms with Gasteiger partial charge in [0.1, 0.15) is 5.82 Å². The zero-order valence-electron chi connectivity index (χ0n) is 16.0. The SMILES string of the molecule is CCNC(=NCCCC(C)(C)C)NC1CCc2nc(CC)nn2C1. The molecule has 2 heterocycles. The first-order chi connectivity index (χ1) is 11.4. The predicted octanol–water partition coefficient (Wildman–Crippen LogP) is 2.54. The van der Waals surface area contributed by atoms with Crippen LogP contribution in [0.4, 0.5) is 0 Å². The lowest BCUT2D eigenvalue weighted by atomic mass is 9.91. The number of aliphatic imine (C=N–C) groups is 1. The second-order valence-electron chi connectivity index (χ2n) is 7.78. The molecule has 0 saturated carbocycles. The van der Waals surface area contributed by atoms with E-state index in [-0.39, 0.29) is 0 Å². The van der Waals surface area contributed by atoms with Gasteiger partial charge in [0.15, 0.2) is 11.8 Å². The lowest BCUT2D eigenvalue weighted by molar-refractivity contribution is 0.367. The quantitative estimate of drug-likeness (QED) is 0.477. The fourth-order valence-corrected chi connectivity index (χ4v) is 2.94. The summed E-state index contributed by atoms with van der Waals surface area (Å²) >= 11 is 0. The van der Waals surface area contributed by atoms with Crippen LogP contribution in [0, 0.1) is 5.41 Å². The Bertz CT molecular complexity index is 540. The van der Waals surface area contributed by atoms with Crippen molar-refractivity contribution < 1.29 is 0 Å². The van der Waals surface area contributed by atoms with Crippen molar-refractivity contribution in [2.45, 2.75) is 79.3 Å². The van der Waals surface area contributed by atoms with Crippen molar-refractivity contribution >= 4 is 5.96 Å². The van der Waals surface area contributed by atoms with Gasteiger partial charge < -0.3 is 10.6 Å². The molecule has 0 radical (unpaired) electrons. The molecule has 0 saturated heterocycles. The zero-order valence-corrected chi connectivity index (χ0v) is 16.0. The van der Waals surface area contributed by atoms with Crippen LogP contribution in [0.2, 0.25) is 0 Å². The van der Waals surface area contributed by atoms with Crippen LogP contribution >= 0.6 is 0 Å². The average Bonchev–Trinajstić information content (AvgIpc) is 2.93. The Kier molecular flexibility index (Phi) is 6.63. The third-order valence-corrected chi connectivity index (χ3v) is 4.26. The van der Waals surface area contributed by atoms with E-state index < -0.39 is 0 Å². The van der Waals surface area contributed by atoms with Gasteiger partial charge in [0.2, 0.25) is 0 Å². The van der Waals surface area contributed by atoms with Gasteiger partial charge in [-0.05, 0) is 31.6 Å². The van der Waals surface area contributed by atoms with Crippen molar-refractivity contribution in [3.63, 3.8) is 0 Å². The Hall–Kier alpha value is -1.59. The highest BCUT2D eigenvalue weighted by Gasteiger charge is 2.22. The molecule has 6 heteroatoms. The molecule has 0 aromatic carbocycles.